The standard InChI is InChI=1S/C24H34N2O2/c1-5-15-28-22(27)20-13-11-19(12-14-20)21-17-26(23(25-21)24(2,3)4)16-18-9-7-6-8-10-18/h11-14,17-18H,5-10,15-16H2,1-4H3. The molecule has 0 radical (unpaired) electrons. The van der Waals surface area contributed by atoms with Gasteiger partial charge in [-0.15, -0.1) is 0 Å². The molecule has 1 aliphatic rings. The number of nitrogens with zero attached hydrogens (tertiary/aromatic N) is 2. The molecule has 0 amide bonds. The van der Waals surface area contributed by atoms with E-state index >= 15 is 0 Å². The summed E-state index contributed by atoms with van der Waals surface area (Å²) in [7, 11) is 0. The van der Waals surface area contributed by atoms with Gasteiger partial charge in [-0.2, -0.15) is 0 Å². The highest BCUT2D eigenvalue weighted by Crippen LogP contribution is 2.30. The van der Waals surface area contributed by atoms with Gasteiger partial charge in [0.15, 0.2) is 0 Å². The summed E-state index contributed by atoms with van der Waals surface area (Å²) >= 11 is 0. The van der Waals surface area contributed by atoms with Crippen molar-refractivity contribution in [1.29, 1.82) is 0 Å². The molecule has 0 unspecified atom stereocenters. The van der Waals surface area contributed by atoms with Crippen molar-refractivity contribution in [2.75, 3.05) is 6.61 Å². The average Bonchev–Trinajstić information content (AvgIpc) is 3.11. The predicted octanol–water partition coefficient (Wildman–Crippen LogP) is 5.99. The first-order valence-electron chi connectivity index (χ1n) is 10.7. The maximum Gasteiger partial charge on any atom is 0.338 e. The number of imidazole rings is 1. The molecule has 1 aliphatic carbocycles. The van der Waals surface area contributed by atoms with Gasteiger partial charge in [0.05, 0.1) is 17.9 Å². The van der Waals surface area contributed by atoms with E-state index in [2.05, 4.69) is 31.5 Å². The van der Waals surface area contributed by atoms with Crippen LogP contribution >= 0.6 is 0 Å². The lowest BCUT2D eigenvalue weighted by Gasteiger charge is -2.25. The molecule has 0 N–H and O–H groups in total. The van der Waals surface area contributed by atoms with Crippen molar-refractivity contribution in [3.05, 3.63) is 41.9 Å². The van der Waals surface area contributed by atoms with Crippen LogP contribution in [0.3, 0.4) is 0 Å². The van der Waals surface area contributed by atoms with Crippen LogP contribution in [0.5, 0.6) is 0 Å². The lowest BCUT2D eigenvalue weighted by molar-refractivity contribution is 0.0505. The highest BCUT2D eigenvalue weighted by Gasteiger charge is 2.24. The van der Waals surface area contributed by atoms with Crippen molar-refractivity contribution >= 4 is 5.97 Å². The fourth-order valence-electron chi connectivity index (χ4n) is 4.00. The lowest BCUT2D eigenvalue weighted by Crippen LogP contribution is -2.22. The van der Waals surface area contributed by atoms with Gasteiger partial charge in [-0.25, -0.2) is 9.78 Å². The molecule has 2 aromatic rings. The van der Waals surface area contributed by atoms with Crippen LogP contribution in [0.15, 0.2) is 30.5 Å². The minimum Gasteiger partial charge on any atom is -0.462 e. The third kappa shape index (κ3) is 5.03. The number of aromatic nitrogens is 2. The van der Waals surface area contributed by atoms with Crippen molar-refractivity contribution < 1.29 is 9.53 Å². The number of ether oxygens (including phenoxy) is 1. The molecule has 152 valence electrons. The summed E-state index contributed by atoms with van der Waals surface area (Å²) in [6.07, 6.45) is 9.76. The molecule has 28 heavy (non-hydrogen) atoms. The summed E-state index contributed by atoms with van der Waals surface area (Å²) < 4.78 is 7.59. The number of rotatable bonds is 6. The SMILES string of the molecule is CCCOC(=O)c1ccc(-c2cn(CC3CCCCC3)c(C(C)(C)C)n2)cc1. The van der Waals surface area contributed by atoms with Crippen molar-refractivity contribution in [3.8, 4) is 11.3 Å². The molecule has 1 fully saturated rings. The Labute approximate surface area is 169 Å². The molecule has 4 heteroatoms. The third-order valence-electron chi connectivity index (χ3n) is 5.48. The predicted molar refractivity (Wildman–Crippen MR) is 114 cm³/mol. The van der Waals surface area contributed by atoms with Crippen LogP contribution in [-0.4, -0.2) is 22.1 Å². The van der Waals surface area contributed by atoms with Crippen LogP contribution < -0.4 is 0 Å². The van der Waals surface area contributed by atoms with Crippen molar-refractivity contribution in [1.82, 2.24) is 9.55 Å². The van der Waals surface area contributed by atoms with Gasteiger partial charge in [-0.3, -0.25) is 0 Å². The summed E-state index contributed by atoms with van der Waals surface area (Å²) in [5, 5.41) is 0. The quantitative estimate of drug-likeness (QED) is 0.576. The summed E-state index contributed by atoms with van der Waals surface area (Å²) in [4.78, 5) is 17.0. The van der Waals surface area contributed by atoms with Crippen LogP contribution in [0.4, 0.5) is 0 Å². The second-order valence-electron chi connectivity index (χ2n) is 9.07. The van der Waals surface area contributed by atoms with Crippen LogP contribution in [-0.2, 0) is 16.7 Å². The van der Waals surface area contributed by atoms with Crippen LogP contribution in [0, 0.1) is 5.92 Å². The Morgan fingerprint density at radius 1 is 1.14 bits per heavy atom. The van der Waals surface area contributed by atoms with Crippen molar-refractivity contribution in [2.45, 2.75) is 78.2 Å². The number of carbonyl (C=O) groups is 1. The monoisotopic (exact) mass is 382 g/mol. The largest absolute Gasteiger partial charge is 0.462 e. The zero-order valence-electron chi connectivity index (χ0n) is 17.8. The highest BCUT2D eigenvalue weighted by atomic mass is 16.5. The third-order valence-corrected chi connectivity index (χ3v) is 5.48. The van der Waals surface area contributed by atoms with Crippen molar-refractivity contribution in [2.24, 2.45) is 5.92 Å². The molecule has 4 nitrogen and oxygen atoms in total. The fraction of sp³-hybridized carbons (Fsp3) is 0.583. The van der Waals surface area contributed by atoms with Gasteiger partial charge in [0.2, 0.25) is 0 Å². The van der Waals surface area contributed by atoms with E-state index in [-0.39, 0.29) is 11.4 Å². The Morgan fingerprint density at radius 2 is 1.82 bits per heavy atom. The van der Waals surface area contributed by atoms with Gasteiger partial charge in [-0.1, -0.05) is 59.1 Å². The Morgan fingerprint density at radius 3 is 2.43 bits per heavy atom. The molecule has 0 saturated heterocycles. The molecule has 0 bridgehead atoms. The van der Waals surface area contributed by atoms with Crippen LogP contribution in [0.25, 0.3) is 11.3 Å². The second kappa shape index (κ2) is 8.93. The molecule has 0 atom stereocenters. The lowest BCUT2D eigenvalue weighted by atomic mass is 9.88. The molecular formula is C24H34N2O2. The summed E-state index contributed by atoms with van der Waals surface area (Å²) in [6.45, 7) is 10.2. The highest BCUT2D eigenvalue weighted by molar-refractivity contribution is 5.90. The van der Waals surface area contributed by atoms with Gasteiger partial charge in [0, 0.05) is 23.7 Å². The minimum atomic E-state index is -0.258. The number of esters is 1. The smallest absolute Gasteiger partial charge is 0.338 e. The normalized spacial score (nSPS) is 15.6. The summed E-state index contributed by atoms with van der Waals surface area (Å²) in [5.41, 5.74) is 2.61. The molecule has 1 saturated carbocycles. The van der Waals surface area contributed by atoms with Crippen LogP contribution in [0.1, 0.15) is 82.4 Å². The van der Waals surface area contributed by atoms with Gasteiger partial charge in [-0.05, 0) is 37.3 Å². The average molecular weight is 383 g/mol. The van der Waals surface area contributed by atoms with Gasteiger partial charge < -0.3 is 9.30 Å². The first-order valence-corrected chi connectivity index (χ1v) is 10.7. The summed E-state index contributed by atoms with van der Waals surface area (Å²) in [6, 6.07) is 7.62. The van der Waals surface area contributed by atoms with Gasteiger partial charge >= 0.3 is 5.97 Å². The zero-order chi connectivity index (χ0) is 20.1. The molecule has 1 aromatic heterocycles. The van der Waals surface area contributed by atoms with E-state index in [4.69, 9.17) is 9.72 Å². The maximum atomic E-state index is 12.0. The van der Waals surface area contributed by atoms with E-state index < -0.39 is 0 Å². The number of hydrogen-bond acceptors (Lipinski definition) is 3. The molecule has 1 heterocycles. The molecule has 0 spiro atoms. The Hall–Kier alpha value is -2.10. The Bertz CT molecular complexity index is 778. The number of carbonyl (C=O) groups excluding carboxylic acids is 1. The zero-order valence-corrected chi connectivity index (χ0v) is 17.8. The number of benzene rings is 1. The second-order valence-corrected chi connectivity index (χ2v) is 9.07. The van der Waals surface area contributed by atoms with Crippen LogP contribution in [0.2, 0.25) is 0 Å². The van der Waals surface area contributed by atoms with E-state index in [9.17, 15) is 4.79 Å². The maximum absolute atomic E-state index is 12.0. The van der Waals surface area contributed by atoms with E-state index in [0.29, 0.717) is 12.2 Å². The van der Waals surface area contributed by atoms with E-state index in [1.807, 2.05) is 31.2 Å². The molecule has 0 aliphatic heterocycles. The molecular weight excluding hydrogens is 348 g/mol. The minimum absolute atomic E-state index is 0.00316. The van der Waals surface area contributed by atoms with E-state index in [1.54, 1.807) is 0 Å². The first kappa shape index (κ1) is 20.6. The topological polar surface area (TPSA) is 44.1 Å². The number of hydrogen-bond donors (Lipinski definition) is 0. The van der Waals surface area contributed by atoms with Gasteiger partial charge in [0.25, 0.3) is 0 Å². The van der Waals surface area contributed by atoms with E-state index in [1.165, 1.54) is 32.1 Å². The van der Waals surface area contributed by atoms with Gasteiger partial charge in [0.1, 0.15) is 5.82 Å². The first-order chi connectivity index (χ1) is 13.4. The molecule has 3 rings (SSSR count). The van der Waals surface area contributed by atoms with Crippen molar-refractivity contribution in [3.63, 3.8) is 0 Å². The fourth-order valence-corrected chi connectivity index (χ4v) is 4.00. The summed E-state index contributed by atoms with van der Waals surface area (Å²) in [5.74, 6) is 1.64. The molecule has 1 aromatic carbocycles. The van der Waals surface area contributed by atoms with E-state index in [0.717, 1.165) is 36.0 Å². The Balaban J connectivity index is 1.82. The Kier molecular flexibility index (Phi) is 6.58.